The summed E-state index contributed by atoms with van der Waals surface area (Å²) in [6.45, 7) is 0. The van der Waals surface area contributed by atoms with E-state index < -0.39 is 35.4 Å². The molecule has 0 spiro atoms. The van der Waals surface area contributed by atoms with Crippen LogP contribution in [0.25, 0.3) is 0 Å². The Balaban J connectivity index is 1.73. The van der Waals surface area contributed by atoms with Gasteiger partial charge in [-0.05, 0) is 54.7 Å². The van der Waals surface area contributed by atoms with Gasteiger partial charge in [0.2, 0.25) is 5.91 Å². The van der Waals surface area contributed by atoms with E-state index in [2.05, 4.69) is 10.7 Å². The standard InChI is InChI=1S/C19H16F2N4O3S/c1-24-18(28)15(10-16(26)22-14-7-5-12(20)6-8-14)25(19(24)29)23-17(27)11-3-2-4-13(21)9-11/h2-9,15H,10H2,1H3,(H,22,26)(H,23,27)/t15-/m1/s1. The molecule has 0 saturated carbocycles. The summed E-state index contributed by atoms with van der Waals surface area (Å²) in [6, 6.07) is 9.05. The van der Waals surface area contributed by atoms with Gasteiger partial charge in [-0.1, -0.05) is 6.07 Å². The van der Waals surface area contributed by atoms with Crippen LogP contribution < -0.4 is 10.7 Å². The summed E-state index contributed by atoms with van der Waals surface area (Å²) >= 11 is 5.18. The van der Waals surface area contributed by atoms with E-state index in [0.717, 1.165) is 16.0 Å². The predicted molar refractivity (Wildman–Crippen MR) is 105 cm³/mol. The van der Waals surface area contributed by atoms with Gasteiger partial charge in [0.1, 0.15) is 17.7 Å². The van der Waals surface area contributed by atoms with Crippen molar-refractivity contribution in [1.29, 1.82) is 0 Å². The van der Waals surface area contributed by atoms with Gasteiger partial charge in [-0.3, -0.25) is 24.7 Å². The topological polar surface area (TPSA) is 81.8 Å². The number of nitrogens with one attached hydrogen (secondary N) is 2. The molecular weight excluding hydrogens is 402 g/mol. The first-order chi connectivity index (χ1) is 13.8. The summed E-state index contributed by atoms with van der Waals surface area (Å²) in [7, 11) is 1.42. The van der Waals surface area contributed by atoms with E-state index in [1.807, 2.05) is 0 Å². The van der Waals surface area contributed by atoms with Crippen LogP contribution in [-0.4, -0.2) is 45.8 Å². The number of rotatable bonds is 5. The highest BCUT2D eigenvalue weighted by Gasteiger charge is 2.42. The van der Waals surface area contributed by atoms with E-state index in [9.17, 15) is 23.2 Å². The zero-order chi connectivity index (χ0) is 21.1. The van der Waals surface area contributed by atoms with Crippen molar-refractivity contribution < 1.29 is 23.2 Å². The van der Waals surface area contributed by atoms with E-state index in [0.29, 0.717) is 5.69 Å². The normalized spacial score (nSPS) is 16.2. The molecule has 1 fully saturated rings. The fraction of sp³-hybridized carbons (Fsp3) is 0.158. The summed E-state index contributed by atoms with van der Waals surface area (Å²) in [5.74, 6) is -2.74. The van der Waals surface area contributed by atoms with Crippen molar-refractivity contribution in [3.05, 3.63) is 65.7 Å². The highest BCUT2D eigenvalue weighted by Crippen LogP contribution is 2.19. The van der Waals surface area contributed by atoms with Crippen molar-refractivity contribution in [1.82, 2.24) is 15.3 Å². The third-order valence-corrected chi connectivity index (χ3v) is 4.71. The first-order valence-electron chi connectivity index (χ1n) is 8.49. The van der Waals surface area contributed by atoms with Gasteiger partial charge >= 0.3 is 0 Å². The summed E-state index contributed by atoms with van der Waals surface area (Å²) < 4.78 is 26.3. The highest BCUT2D eigenvalue weighted by molar-refractivity contribution is 7.80. The summed E-state index contributed by atoms with van der Waals surface area (Å²) in [4.78, 5) is 38.4. The van der Waals surface area contributed by atoms with Crippen LogP contribution in [-0.2, 0) is 9.59 Å². The fourth-order valence-electron chi connectivity index (χ4n) is 2.75. The molecule has 150 valence electrons. The van der Waals surface area contributed by atoms with Crippen LogP contribution in [0.15, 0.2) is 48.5 Å². The Hall–Kier alpha value is -3.40. The molecular formula is C19H16F2N4O3S. The van der Waals surface area contributed by atoms with Crippen molar-refractivity contribution >= 4 is 40.7 Å². The molecule has 2 N–H and O–H groups in total. The molecule has 3 amide bonds. The highest BCUT2D eigenvalue weighted by atomic mass is 32.1. The molecule has 0 bridgehead atoms. The van der Waals surface area contributed by atoms with Crippen molar-refractivity contribution in [3.8, 4) is 0 Å². The van der Waals surface area contributed by atoms with Crippen LogP contribution in [0.3, 0.4) is 0 Å². The Kier molecular flexibility index (Phi) is 5.83. The quantitative estimate of drug-likeness (QED) is 0.727. The van der Waals surface area contributed by atoms with Crippen LogP contribution in [0.5, 0.6) is 0 Å². The van der Waals surface area contributed by atoms with Crippen molar-refractivity contribution in [2.24, 2.45) is 0 Å². The maximum Gasteiger partial charge on any atom is 0.269 e. The Bertz CT molecular complexity index is 984. The van der Waals surface area contributed by atoms with Gasteiger partial charge in [-0.25, -0.2) is 13.8 Å². The summed E-state index contributed by atoms with van der Waals surface area (Å²) in [5, 5.41) is 3.66. The smallest absolute Gasteiger partial charge is 0.269 e. The molecule has 3 rings (SSSR count). The van der Waals surface area contributed by atoms with Crippen molar-refractivity contribution in [2.75, 3.05) is 12.4 Å². The molecule has 0 aliphatic carbocycles. The molecule has 1 saturated heterocycles. The number of amides is 3. The maximum absolute atomic E-state index is 13.4. The third kappa shape index (κ3) is 4.54. The average molecular weight is 418 g/mol. The number of hydrogen-bond acceptors (Lipinski definition) is 4. The van der Waals surface area contributed by atoms with E-state index in [1.54, 1.807) is 0 Å². The van der Waals surface area contributed by atoms with Crippen LogP contribution in [0.2, 0.25) is 0 Å². The number of carbonyl (C=O) groups excluding carboxylic acids is 3. The third-order valence-electron chi connectivity index (χ3n) is 4.24. The molecule has 1 aliphatic heterocycles. The average Bonchev–Trinajstić information content (AvgIpc) is 2.88. The Morgan fingerprint density at radius 2 is 1.79 bits per heavy atom. The van der Waals surface area contributed by atoms with Crippen LogP contribution in [0, 0.1) is 11.6 Å². The lowest BCUT2D eigenvalue weighted by Crippen LogP contribution is -2.49. The van der Waals surface area contributed by atoms with Crippen LogP contribution in [0.1, 0.15) is 16.8 Å². The minimum Gasteiger partial charge on any atom is -0.326 e. The van der Waals surface area contributed by atoms with Gasteiger partial charge in [-0.2, -0.15) is 0 Å². The number of benzene rings is 2. The monoisotopic (exact) mass is 418 g/mol. The van der Waals surface area contributed by atoms with Crippen molar-refractivity contribution in [3.63, 3.8) is 0 Å². The zero-order valence-corrected chi connectivity index (χ0v) is 16.0. The molecule has 0 radical (unpaired) electrons. The molecule has 0 unspecified atom stereocenters. The number of likely N-dealkylation sites (N-methyl/N-ethyl adjacent to an activating group) is 1. The number of nitrogens with zero attached hydrogens (tertiary/aromatic N) is 2. The lowest BCUT2D eigenvalue weighted by Gasteiger charge is -2.24. The van der Waals surface area contributed by atoms with Gasteiger partial charge in [-0.15, -0.1) is 0 Å². The van der Waals surface area contributed by atoms with Gasteiger partial charge in [0.15, 0.2) is 5.11 Å². The second-order valence-electron chi connectivity index (χ2n) is 6.28. The minimum atomic E-state index is -1.08. The SMILES string of the molecule is CN1C(=O)[C@@H](CC(=O)Nc2ccc(F)cc2)N(NC(=O)c2cccc(F)c2)C1=S. The van der Waals surface area contributed by atoms with Gasteiger partial charge in [0.25, 0.3) is 11.8 Å². The van der Waals surface area contributed by atoms with Gasteiger partial charge < -0.3 is 5.32 Å². The lowest BCUT2D eigenvalue weighted by atomic mass is 10.2. The van der Waals surface area contributed by atoms with E-state index in [4.69, 9.17) is 12.2 Å². The number of carbonyl (C=O) groups is 3. The Morgan fingerprint density at radius 3 is 2.45 bits per heavy atom. The lowest BCUT2D eigenvalue weighted by molar-refractivity contribution is -0.130. The Morgan fingerprint density at radius 1 is 1.10 bits per heavy atom. The molecule has 1 heterocycles. The van der Waals surface area contributed by atoms with Crippen LogP contribution in [0.4, 0.5) is 14.5 Å². The van der Waals surface area contributed by atoms with Gasteiger partial charge in [0, 0.05) is 18.3 Å². The Labute approximate surface area is 170 Å². The molecule has 10 heteroatoms. The second-order valence-corrected chi connectivity index (χ2v) is 6.64. The molecule has 1 aliphatic rings. The molecule has 2 aromatic rings. The maximum atomic E-state index is 13.4. The molecule has 0 aromatic heterocycles. The molecule has 2 aromatic carbocycles. The summed E-state index contributed by atoms with van der Waals surface area (Å²) in [5.41, 5.74) is 2.84. The molecule has 29 heavy (non-hydrogen) atoms. The van der Waals surface area contributed by atoms with E-state index in [-0.39, 0.29) is 17.1 Å². The first kappa shape index (κ1) is 20.3. The summed E-state index contributed by atoms with van der Waals surface area (Å²) in [6.07, 6.45) is -0.315. The van der Waals surface area contributed by atoms with E-state index >= 15 is 0 Å². The first-order valence-corrected chi connectivity index (χ1v) is 8.90. The van der Waals surface area contributed by atoms with Crippen LogP contribution >= 0.6 is 12.2 Å². The number of anilines is 1. The number of hydrazine groups is 1. The zero-order valence-electron chi connectivity index (χ0n) is 15.2. The molecule has 7 nitrogen and oxygen atoms in total. The molecule has 1 atom stereocenters. The number of thiocarbonyl (C=S) groups is 1. The largest absolute Gasteiger partial charge is 0.326 e. The number of hydrogen-bond donors (Lipinski definition) is 2. The van der Waals surface area contributed by atoms with E-state index in [1.165, 1.54) is 49.5 Å². The predicted octanol–water partition coefficient (Wildman–Crippen LogP) is 2.07. The number of halogens is 2. The fourth-order valence-corrected chi connectivity index (χ4v) is 3.01. The van der Waals surface area contributed by atoms with Crippen molar-refractivity contribution in [2.45, 2.75) is 12.5 Å². The minimum absolute atomic E-state index is 0.000616. The van der Waals surface area contributed by atoms with Gasteiger partial charge in [0.05, 0.1) is 6.42 Å². The second kappa shape index (κ2) is 8.31.